The average molecular weight is 287 g/mol. The molecule has 6 heteroatoms. The first-order chi connectivity index (χ1) is 10.2. The van der Waals surface area contributed by atoms with Gasteiger partial charge in [-0.05, 0) is 13.8 Å². The van der Waals surface area contributed by atoms with Crippen molar-refractivity contribution in [3.8, 4) is 0 Å². The Hall–Kier alpha value is -1.95. The van der Waals surface area contributed by atoms with E-state index in [4.69, 9.17) is 0 Å². The molecule has 1 amide bonds. The van der Waals surface area contributed by atoms with E-state index < -0.39 is 0 Å². The van der Waals surface area contributed by atoms with Crippen LogP contribution in [-0.2, 0) is 4.79 Å². The minimum atomic E-state index is -0.139. The number of hydrogen-bond acceptors (Lipinski definition) is 5. The summed E-state index contributed by atoms with van der Waals surface area (Å²) in [5.41, 5.74) is 2.14. The number of aryl methyl sites for hydroxylation is 1. The van der Waals surface area contributed by atoms with Crippen molar-refractivity contribution in [1.29, 1.82) is 0 Å². The number of aromatic nitrogens is 2. The first-order valence-electron chi connectivity index (χ1n) is 7.39. The number of hydrogen-bond donors (Lipinski definition) is 1. The fourth-order valence-corrected chi connectivity index (χ4v) is 2.82. The molecule has 1 aromatic rings. The number of nitrogens with zero attached hydrogens (tertiary/aromatic N) is 4. The third kappa shape index (κ3) is 2.76. The Balaban J connectivity index is 1.63. The Morgan fingerprint density at radius 3 is 2.67 bits per heavy atom. The second kappa shape index (κ2) is 5.81. The summed E-state index contributed by atoms with van der Waals surface area (Å²) in [6, 6.07) is -0.139. The van der Waals surface area contributed by atoms with E-state index in [0.29, 0.717) is 0 Å². The minimum absolute atomic E-state index is 0.139. The molecular weight excluding hydrogens is 266 g/mol. The van der Waals surface area contributed by atoms with Crippen LogP contribution in [0.4, 0.5) is 5.82 Å². The number of rotatable bonds is 2. The predicted octanol–water partition coefficient (Wildman–Crippen LogP) is 0.270. The van der Waals surface area contributed by atoms with Crippen molar-refractivity contribution in [1.82, 2.24) is 20.2 Å². The molecule has 112 valence electrons. The lowest BCUT2D eigenvalue weighted by Gasteiger charge is -2.37. The van der Waals surface area contributed by atoms with Crippen LogP contribution in [-0.4, -0.2) is 59.5 Å². The molecule has 0 spiro atoms. The Kier molecular flexibility index (Phi) is 3.88. The first-order valence-corrected chi connectivity index (χ1v) is 7.39. The molecule has 0 radical (unpaired) electrons. The van der Waals surface area contributed by atoms with Gasteiger partial charge >= 0.3 is 0 Å². The van der Waals surface area contributed by atoms with Crippen LogP contribution < -0.4 is 10.2 Å². The molecule has 21 heavy (non-hydrogen) atoms. The average Bonchev–Trinajstić information content (AvgIpc) is 3.04. The van der Waals surface area contributed by atoms with Gasteiger partial charge < -0.3 is 9.80 Å². The van der Waals surface area contributed by atoms with E-state index in [1.807, 2.05) is 24.0 Å². The number of carbonyl (C=O) groups excluding carboxylic acids is 1. The highest BCUT2D eigenvalue weighted by molar-refractivity contribution is 5.84. The third-order valence-electron chi connectivity index (χ3n) is 4.25. The van der Waals surface area contributed by atoms with E-state index in [1.165, 1.54) is 0 Å². The van der Waals surface area contributed by atoms with Crippen LogP contribution >= 0.6 is 0 Å². The van der Waals surface area contributed by atoms with Crippen LogP contribution in [0.1, 0.15) is 11.3 Å². The summed E-state index contributed by atoms with van der Waals surface area (Å²) in [6.45, 7) is 7.96. The summed E-state index contributed by atoms with van der Waals surface area (Å²) in [4.78, 5) is 25.1. The second-order valence-electron chi connectivity index (χ2n) is 5.53. The maximum atomic E-state index is 12.3. The van der Waals surface area contributed by atoms with Gasteiger partial charge in [0.15, 0.2) is 0 Å². The zero-order chi connectivity index (χ0) is 14.8. The predicted molar refractivity (Wildman–Crippen MR) is 81.2 cm³/mol. The fraction of sp³-hybridized carbons (Fsp3) is 0.533. The maximum absolute atomic E-state index is 12.3. The summed E-state index contributed by atoms with van der Waals surface area (Å²) >= 11 is 0. The quantitative estimate of drug-likeness (QED) is 0.791. The molecule has 1 aromatic heterocycles. The molecule has 1 atom stereocenters. The number of anilines is 1. The molecule has 2 aliphatic heterocycles. The standard InChI is InChI=1S/C15H21N5O/c1-11-12(2)17-10-18-14(11)19-6-8-20(9-7-19)15(21)13-4-3-5-16-13/h3-4,10,13,16H,5-9H2,1-2H3. The van der Waals surface area contributed by atoms with Gasteiger partial charge in [-0.2, -0.15) is 0 Å². The lowest BCUT2D eigenvalue weighted by atomic mass is 10.2. The minimum Gasteiger partial charge on any atom is -0.353 e. The van der Waals surface area contributed by atoms with Gasteiger partial charge in [-0.1, -0.05) is 12.2 Å². The molecular formula is C15H21N5O. The lowest BCUT2D eigenvalue weighted by molar-refractivity contribution is -0.132. The molecule has 1 fully saturated rings. The van der Waals surface area contributed by atoms with Gasteiger partial charge in [0.1, 0.15) is 18.2 Å². The lowest BCUT2D eigenvalue weighted by Crippen LogP contribution is -2.53. The van der Waals surface area contributed by atoms with E-state index in [9.17, 15) is 4.79 Å². The molecule has 1 N–H and O–H groups in total. The zero-order valence-electron chi connectivity index (χ0n) is 12.5. The number of amides is 1. The highest BCUT2D eigenvalue weighted by Crippen LogP contribution is 2.20. The van der Waals surface area contributed by atoms with E-state index in [-0.39, 0.29) is 11.9 Å². The van der Waals surface area contributed by atoms with Crippen LogP contribution in [0.2, 0.25) is 0 Å². The molecule has 1 unspecified atom stereocenters. The van der Waals surface area contributed by atoms with E-state index in [0.717, 1.165) is 49.8 Å². The van der Waals surface area contributed by atoms with Gasteiger partial charge in [0.25, 0.3) is 0 Å². The Morgan fingerprint density at radius 1 is 1.24 bits per heavy atom. The summed E-state index contributed by atoms with van der Waals surface area (Å²) in [5, 5.41) is 3.18. The van der Waals surface area contributed by atoms with Crippen LogP contribution in [0.3, 0.4) is 0 Å². The van der Waals surface area contributed by atoms with Gasteiger partial charge in [-0.15, -0.1) is 0 Å². The van der Waals surface area contributed by atoms with Gasteiger partial charge in [0.05, 0.1) is 0 Å². The smallest absolute Gasteiger partial charge is 0.243 e. The van der Waals surface area contributed by atoms with Crippen molar-refractivity contribution in [3.63, 3.8) is 0 Å². The second-order valence-corrected chi connectivity index (χ2v) is 5.53. The SMILES string of the molecule is Cc1ncnc(N2CCN(C(=O)C3C=CCN3)CC2)c1C. The van der Waals surface area contributed by atoms with E-state index >= 15 is 0 Å². The Morgan fingerprint density at radius 2 is 2.00 bits per heavy atom. The van der Waals surface area contributed by atoms with E-state index in [1.54, 1.807) is 6.33 Å². The van der Waals surface area contributed by atoms with E-state index in [2.05, 4.69) is 27.1 Å². The van der Waals surface area contributed by atoms with Crippen LogP contribution in [0.15, 0.2) is 18.5 Å². The van der Waals surface area contributed by atoms with Crippen LogP contribution in [0, 0.1) is 13.8 Å². The van der Waals surface area contributed by atoms with Gasteiger partial charge in [-0.3, -0.25) is 10.1 Å². The Bertz CT molecular complexity index is 563. The van der Waals surface area contributed by atoms with Gasteiger partial charge in [-0.25, -0.2) is 9.97 Å². The largest absolute Gasteiger partial charge is 0.353 e. The van der Waals surface area contributed by atoms with Crippen LogP contribution in [0.5, 0.6) is 0 Å². The molecule has 3 rings (SSSR count). The summed E-state index contributed by atoms with van der Waals surface area (Å²) in [6.07, 6.45) is 5.57. The summed E-state index contributed by atoms with van der Waals surface area (Å²) in [5.74, 6) is 1.17. The third-order valence-corrected chi connectivity index (χ3v) is 4.25. The monoisotopic (exact) mass is 287 g/mol. The fourth-order valence-electron chi connectivity index (χ4n) is 2.82. The van der Waals surface area contributed by atoms with Crippen molar-refractivity contribution < 1.29 is 4.79 Å². The zero-order valence-corrected chi connectivity index (χ0v) is 12.5. The Labute approximate surface area is 124 Å². The van der Waals surface area contributed by atoms with Crippen molar-refractivity contribution in [2.45, 2.75) is 19.9 Å². The van der Waals surface area contributed by atoms with Crippen molar-refractivity contribution in [2.24, 2.45) is 0 Å². The number of piperazine rings is 1. The van der Waals surface area contributed by atoms with Crippen molar-refractivity contribution in [2.75, 3.05) is 37.6 Å². The van der Waals surface area contributed by atoms with Crippen LogP contribution in [0.25, 0.3) is 0 Å². The maximum Gasteiger partial charge on any atom is 0.243 e. The van der Waals surface area contributed by atoms with Crippen molar-refractivity contribution >= 4 is 11.7 Å². The molecule has 6 nitrogen and oxygen atoms in total. The molecule has 3 heterocycles. The molecule has 0 saturated carbocycles. The molecule has 2 aliphatic rings. The highest BCUT2D eigenvalue weighted by atomic mass is 16.2. The van der Waals surface area contributed by atoms with Gasteiger partial charge in [0, 0.05) is 44.0 Å². The number of carbonyl (C=O) groups is 1. The topological polar surface area (TPSA) is 61.4 Å². The van der Waals surface area contributed by atoms with Crippen molar-refractivity contribution in [3.05, 3.63) is 29.7 Å². The highest BCUT2D eigenvalue weighted by Gasteiger charge is 2.27. The number of nitrogens with one attached hydrogen (secondary N) is 1. The molecule has 0 bridgehead atoms. The summed E-state index contributed by atoms with van der Waals surface area (Å²) in [7, 11) is 0. The van der Waals surface area contributed by atoms with Gasteiger partial charge in [0.2, 0.25) is 5.91 Å². The normalized spacial score (nSPS) is 21.9. The summed E-state index contributed by atoms with van der Waals surface area (Å²) < 4.78 is 0. The first kappa shape index (κ1) is 14.0. The molecule has 1 saturated heterocycles. The molecule has 0 aromatic carbocycles. The molecule has 0 aliphatic carbocycles.